The van der Waals surface area contributed by atoms with Gasteiger partial charge >= 0.3 is 11.9 Å². The highest BCUT2D eigenvalue weighted by Gasteiger charge is 2.71. The Hall–Kier alpha value is -1.49. The first kappa shape index (κ1) is 44.1. The van der Waals surface area contributed by atoms with Crippen LogP contribution in [-0.4, -0.2) is 92.4 Å². The highest BCUT2D eigenvalue weighted by molar-refractivity contribution is 7.91. The molecule has 1 heterocycles. The minimum absolute atomic E-state index is 0.0173. The van der Waals surface area contributed by atoms with Crippen LogP contribution in [0.2, 0.25) is 0 Å². The lowest BCUT2D eigenvalue weighted by molar-refractivity contribution is -0.246. The number of esters is 2. The molecule has 56 heavy (non-hydrogen) atoms. The Morgan fingerprint density at radius 2 is 1.57 bits per heavy atom. The van der Waals surface area contributed by atoms with E-state index in [1.165, 1.54) is 50.5 Å². The predicted octanol–water partition coefficient (Wildman–Crippen LogP) is 7.75. The van der Waals surface area contributed by atoms with E-state index in [0.717, 1.165) is 32.2 Å². The number of hydrogen-bond donors (Lipinski definition) is 2. The van der Waals surface area contributed by atoms with Gasteiger partial charge < -0.3 is 19.9 Å². The summed E-state index contributed by atoms with van der Waals surface area (Å²) in [4.78, 5) is 27.9. The van der Waals surface area contributed by atoms with Gasteiger partial charge in [0.15, 0.2) is 9.84 Å². The van der Waals surface area contributed by atoms with E-state index in [2.05, 4.69) is 58.3 Å². The minimum atomic E-state index is -2.96. The summed E-state index contributed by atoms with van der Waals surface area (Å²) in [5.41, 5.74) is 1.32. The molecule has 9 nitrogen and oxygen atoms in total. The zero-order valence-corrected chi connectivity index (χ0v) is 37.5. The third-order valence-electron chi connectivity index (χ3n) is 17.9. The summed E-state index contributed by atoms with van der Waals surface area (Å²) in [6, 6.07) is -0.0173. The SMILES string of the molecule is C=C(C)[C@@H]1CC[C@]2(NCCC(CO)N3CCS(=O)(=O)CC3)CC[C@]3(C)[C@H](CC[C@@H]4[C@@]5(C)CC[C@H](OC(=O)CC(C)(C)CC(=O)OCC)C(C)(C)[C@@H]5CC[C@]43C)[C@@H]12. The molecule has 320 valence electrons. The Labute approximate surface area is 340 Å². The number of nitrogens with zero attached hydrogens (tertiary/aromatic N) is 1. The molecule has 0 radical (unpaired) electrons. The summed E-state index contributed by atoms with van der Waals surface area (Å²) in [6.07, 6.45) is 12.6. The van der Waals surface area contributed by atoms with Crippen molar-refractivity contribution in [3.8, 4) is 0 Å². The molecule has 0 spiro atoms. The van der Waals surface area contributed by atoms with Gasteiger partial charge in [0.2, 0.25) is 0 Å². The van der Waals surface area contributed by atoms with Crippen LogP contribution in [0.25, 0.3) is 0 Å². The fourth-order valence-corrected chi connectivity index (χ4v) is 16.1. The van der Waals surface area contributed by atoms with E-state index in [1.54, 1.807) is 6.92 Å². The van der Waals surface area contributed by atoms with Crippen LogP contribution in [0.3, 0.4) is 0 Å². The van der Waals surface area contributed by atoms with E-state index < -0.39 is 15.3 Å². The van der Waals surface area contributed by atoms with Gasteiger partial charge in [-0.05, 0) is 142 Å². The van der Waals surface area contributed by atoms with Gasteiger partial charge in [-0.1, -0.05) is 60.6 Å². The molecule has 0 aromatic rings. The van der Waals surface area contributed by atoms with Crippen molar-refractivity contribution in [3.05, 3.63) is 12.2 Å². The van der Waals surface area contributed by atoms with Crippen LogP contribution in [0.5, 0.6) is 0 Å². The maximum Gasteiger partial charge on any atom is 0.306 e. The van der Waals surface area contributed by atoms with E-state index >= 15 is 0 Å². The third kappa shape index (κ3) is 7.82. The normalized spacial score (nSPS) is 41.0. The number of aliphatic hydroxyl groups excluding tert-OH is 1. The average Bonchev–Trinajstić information content (AvgIpc) is 3.48. The summed E-state index contributed by atoms with van der Waals surface area (Å²) < 4.78 is 35.8. The molecular weight excluding hydrogens is 725 g/mol. The smallest absolute Gasteiger partial charge is 0.306 e. The molecule has 0 aromatic carbocycles. The quantitative estimate of drug-likeness (QED) is 0.142. The van der Waals surface area contributed by atoms with E-state index in [-0.39, 0.29) is 82.2 Å². The van der Waals surface area contributed by atoms with Crippen LogP contribution < -0.4 is 5.32 Å². The molecule has 1 unspecified atom stereocenters. The van der Waals surface area contributed by atoms with Gasteiger partial charge in [0.05, 0.1) is 37.6 Å². The van der Waals surface area contributed by atoms with Crippen molar-refractivity contribution in [1.29, 1.82) is 0 Å². The van der Waals surface area contributed by atoms with E-state index in [1.807, 2.05) is 13.8 Å². The highest BCUT2D eigenvalue weighted by atomic mass is 32.2. The van der Waals surface area contributed by atoms with Gasteiger partial charge in [0.1, 0.15) is 6.10 Å². The number of hydrogen-bond acceptors (Lipinski definition) is 9. The lowest BCUT2D eigenvalue weighted by Crippen LogP contribution is -2.69. The van der Waals surface area contributed by atoms with Crippen molar-refractivity contribution < 1.29 is 32.6 Å². The molecule has 6 rings (SSSR count). The topological polar surface area (TPSA) is 122 Å². The second-order valence-electron chi connectivity index (χ2n) is 21.7. The zero-order chi connectivity index (χ0) is 41.1. The molecule has 1 saturated heterocycles. The molecule has 0 bridgehead atoms. The number of carbonyl (C=O) groups excluding carboxylic acids is 2. The monoisotopic (exact) mass is 803 g/mol. The first-order valence-corrected chi connectivity index (χ1v) is 24.2. The fourth-order valence-electron chi connectivity index (χ4n) is 14.9. The van der Waals surface area contributed by atoms with Gasteiger partial charge in [0.25, 0.3) is 0 Å². The van der Waals surface area contributed by atoms with Crippen LogP contribution in [0.4, 0.5) is 0 Å². The molecule has 0 amide bonds. The van der Waals surface area contributed by atoms with Crippen molar-refractivity contribution >= 4 is 21.8 Å². The summed E-state index contributed by atoms with van der Waals surface area (Å²) in [5.74, 6) is 2.63. The van der Waals surface area contributed by atoms with E-state index in [4.69, 9.17) is 9.47 Å². The molecule has 5 saturated carbocycles. The zero-order valence-electron chi connectivity index (χ0n) is 36.6. The standard InChI is InChI=1S/C46H78N2O7S/c1-11-54-38(50)28-41(4,5)29-39(51)55-37-16-18-43(8)35(42(37,6)7)15-19-45(10)36(43)13-12-34-40-33(31(2)3)14-20-46(40,22-21-44(34,45)9)47-23-17-32(30-49)48-24-26-56(52,53)27-25-48/h32-37,40,47,49H,2,11-30H2,1,3-10H3/t32?,33-,34+,35-,36+,37-,40+,43-,44+,45+,46-/m0/s1. The van der Waals surface area contributed by atoms with Gasteiger partial charge in [-0.25, -0.2) is 8.42 Å². The summed E-state index contributed by atoms with van der Waals surface area (Å²) in [6.45, 7) is 27.5. The van der Waals surface area contributed by atoms with Crippen molar-refractivity contribution in [3.63, 3.8) is 0 Å². The lowest BCUT2D eigenvalue weighted by Gasteiger charge is -2.73. The van der Waals surface area contributed by atoms with E-state index in [0.29, 0.717) is 49.3 Å². The predicted molar refractivity (Wildman–Crippen MR) is 223 cm³/mol. The molecule has 5 aliphatic carbocycles. The second-order valence-corrected chi connectivity index (χ2v) is 24.0. The van der Waals surface area contributed by atoms with Gasteiger partial charge in [-0.2, -0.15) is 0 Å². The van der Waals surface area contributed by atoms with Crippen molar-refractivity contribution in [1.82, 2.24) is 10.2 Å². The Morgan fingerprint density at radius 3 is 2.21 bits per heavy atom. The number of ether oxygens (including phenoxy) is 2. The minimum Gasteiger partial charge on any atom is -0.466 e. The molecule has 6 aliphatic rings. The number of nitrogens with one attached hydrogen (secondary N) is 1. The molecular formula is C46H78N2O7S. The first-order chi connectivity index (χ1) is 26.1. The Kier molecular flexibility index (Phi) is 12.5. The van der Waals surface area contributed by atoms with E-state index in [9.17, 15) is 23.1 Å². The number of rotatable bonds is 13. The Bertz CT molecular complexity index is 1580. The average molecular weight is 803 g/mol. The number of sulfone groups is 1. The maximum absolute atomic E-state index is 13.5. The fraction of sp³-hybridized carbons (Fsp3) is 0.913. The van der Waals surface area contributed by atoms with Gasteiger partial charge in [0, 0.05) is 30.1 Å². The summed E-state index contributed by atoms with van der Waals surface area (Å²) in [5, 5.41) is 14.6. The van der Waals surface area contributed by atoms with Crippen LogP contribution in [-0.2, 0) is 28.9 Å². The van der Waals surface area contributed by atoms with Crippen LogP contribution >= 0.6 is 0 Å². The van der Waals surface area contributed by atoms with Crippen LogP contribution in [0.15, 0.2) is 12.2 Å². The van der Waals surface area contributed by atoms with Crippen molar-refractivity contribution in [2.75, 3.05) is 44.4 Å². The summed E-state index contributed by atoms with van der Waals surface area (Å²) in [7, 11) is -2.96. The second kappa shape index (κ2) is 15.8. The lowest BCUT2D eigenvalue weighted by atomic mass is 9.32. The van der Waals surface area contributed by atoms with Crippen LogP contribution in [0, 0.1) is 56.7 Å². The molecule has 2 N–H and O–H groups in total. The molecule has 1 aliphatic heterocycles. The Morgan fingerprint density at radius 1 is 0.893 bits per heavy atom. The first-order valence-electron chi connectivity index (χ1n) is 22.4. The van der Waals surface area contributed by atoms with Crippen molar-refractivity contribution in [2.45, 2.75) is 163 Å². The number of allylic oxidation sites excluding steroid dienone is 1. The highest BCUT2D eigenvalue weighted by Crippen LogP contribution is 2.76. The Balaban J connectivity index is 1.16. The van der Waals surface area contributed by atoms with Crippen LogP contribution in [0.1, 0.15) is 146 Å². The number of carbonyl (C=O) groups is 2. The molecule has 10 heteroatoms. The molecule has 6 fully saturated rings. The number of fused-ring (bicyclic) bond motifs is 7. The molecule has 0 aromatic heterocycles. The summed E-state index contributed by atoms with van der Waals surface area (Å²) >= 11 is 0. The number of aliphatic hydroxyl groups is 1. The largest absolute Gasteiger partial charge is 0.466 e. The van der Waals surface area contributed by atoms with Gasteiger partial charge in [-0.15, -0.1) is 0 Å². The van der Waals surface area contributed by atoms with Crippen molar-refractivity contribution in [2.24, 2.45) is 56.7 Å². The van der Waals surface area contributed by atoms with Gasteiger partial charge in [-0.3, -0.25) is 14.5 Å². The molecule has 11 atom stereocenters. The third-order valence-corrected chi connectivity index (χ3v) is 19.5. The maximum atomic E-state index is 13.5.